The van der Waals surface area contributed by atoms with Gasteiger partial charge in [0.2, 0.25) is 17.6 Å². The number of amides is 1. The van der Waals surface area contributed by atoms with E-state index in [1.807, 2.05) is 0 Å². The van der Waals surface area contributed by atoms with E-state index in [1.54, 1.807) is 24.3 Å². The van der Waals surface area contributed by atoms with Crippen molar-refractivity contribution in [1.29, 1.82) is 0 Å². The Morgan fingerprint density at radius 1 is 1.21 bits per heavy atom. The summed E-state index contributed by atoms with van der Waals surface area (Å²) in [7, 11) is -3.52. The first-order valence-corrected chi connectivity index (χ1v) is 10.4. The number of rotatable bonds is 6. The summed E-state index contributed by atoms with van der Waals surface area (Å²) >= 11 is 5.83. The van der Waals surface area contributed by atoms with Gasteiger partial charge in [0.15, 0.2) is 9.84 Å². The molecule has 1 heterocycles. The molecule has 0 radical (unpaired) electrons. The predicted molar refractivity (Wildman–Crippen MR) is 101 cm³/mol. The van der Waals surface area contributed by atoms with Crippen molar-refractivity contribution in [2.24, 2.45) is 0 Å². The van der Waals surface area contributed by atoms with Gasteiger partial charge in [0.25, 0.3) is 0 Å². The molecule has 146 valence electrons. The van der Waals surface area contributed by atoms with Crippen molar-refractivity contribution in [3.8, 4) is 11.4 Å². The third-order valence-electron chi connectivity index (χ3n) is 3.78. The van der Waals surface area contributed by atoms with Crippen LogP contribution in [0.5, 0.6) is 0 Å². The van der Waals surface area contributed by atoms with Crippen LogP contribution < -0.4 is 5.32 Å². The van der Waals surface area contributed by atoms with Crippen molar-refractivity contribution < 1.29 is 22.1 Å². The van der Waals surface area contributed by atoms with Crippen LogP contribution in [0.2, 0.25) is 5.02 Å². The summed E-state index contributed by atoms with van der Waals surface area (Å²) in [5, 5.41) is 6.78. The summed E-state index contributed by atoms with van der Waals surface area (Å²) in [6, 6.07) is 10.1. The van der Waals surface area contributed by atoms with E-state index in [9.17, 15) is 17.6 Å². The van der Waals surface area contributed by atoms with Gasteiger partial charge in [-0.05, 0) is 42.5 Å². The highest BCUT2D eigenvalue weighted by Gasteiger charge is 2.15. The van der Waals surface area contributed by atoms with Crippen LogP contribution in [-0.2, 0) is 21.1 Å². The van der Waals surface area contributed by atoms with Crippen LogP contribution in [0.15, 0.2) is 51.9 Å². The molecule has 3 aromatic rings. The molecule has 0 spiro atoms. The summed E-state index contributed by atoms with van der Waals surface area (Å²) in [5.41, 5.74) is 0.504. The molecule has 3 rings (SSSR count). The van der Waals surface area contributed by atoms with Crippen molar-refractivity contribution in [2.75, 3.05) is 11.6 Å². The Hall–Kier alpha value is -2.78. The molecule has 0 aliphatic rings. The molecule has 7 nitrogen and oxygen atoms in total. The predicted octanol–water partition coefficient (Wildman–Crippen LogP) is 3.50. The number of aromatic nitrogens is 2. The highest BCUT2D eigenvalue weighted by Crippen LogP contribution is 2.21. The van der Waals surface area contributed by atoms with E-state index >= 15 is 0 Å². The largest absolute Gasteiger partial charge is 0.339 e. The van der Waals surface area contributed by atoms with Crippen LogP contribution in [0.1, 0.15) is 12.3 Å². The number of nitrogens with one attached hydrogen (secondary N) is 1. The zero-order chi connectivity index (χ0) is 20.3. The van der Waals surface area contributed by atoms with E-state index in [0.29, 0.717) is 16.4 Å². The molecule has 0 bridgehead atoms. The lowest BCUT2D eigenvalue weighted by Crippen LogP contribution is -2.14. The molecule has 0 aliphatic carbocycles. The van der Waals surface area contributed by atoms with Crippen molar-refractivity contribution in [2.45, 2.75) is 17.7 Å². The highest BCUT2D eigenvalue weighted by atomic mass is 35.5. The summed E-state index contributed by atoms with van der Waals surface area (Å²) < 4.78 is 42.1. The Balaban J connectivity index is 1.63. The Morgan fingerprint density at radius 3 is 2.61 bits per heavy atom. The lowest BCUT2D eigenvalue weighted by molar-refractivity contribution is -0.116. The summed E-state index contributed by atoms with van der Waals surface area (Å²) in [4.78, 5) is 16.2. The van der Waals surface area contributed by atoms with Gasteiger partial charge < -0.3 is 9.84 Å². The van der Waals surface area contributed by atoms with Crippen molar-refractivity contribution in [3.05, 3.63) is 59.2 Å². The molecular weight excluding hydrogens is 409 g/mol. The minimum Gasteiger partial charge on any atom is -0.339 e. The molecule has 10 heteroatoms. The number of nitrogens with zero attached hydrogens (tertiary/aromatic N) is 2. The fourth-order valence-corrected chi connectivity index (χ4v) is 3.11. The first kappa shape index (κ1) is 20.0. The zero-order valence-corrected chi connectivity index (χ0v) is 16.2. The number of hydrogen-bond donors (Lipinski definition) is 1. The van der Waals surface area contributed by atoms with Crippen LogP contribution >= 0.6 is 11.6 Å². The number of carbonyl (C=O) groups is 1. The fraction of sp³-hybridized carbons (Fsp3) is 0.167. The number of benzene rings is 2. The Bertz CT molecular complexity index is 1110. The first-order chi connectivity index (χ1) is 13.2. The average molecular weight is 424 g/mol. The molecule has 28 heavy (non-hydrogen) atoms. The topological polar surface area (TPSA) is 102 Å². The lowest BCUT2D eigenvalue weighted by Gasteiger charge is -2.07. The van der Waals surface area contributed by atoms with Crippen molar-refractivity contribution in [3.63, 3.8) is 0 Å². The minimum atomic E-state index is -3.52. The van der Waals surface area contributed by atoms with Crippen LogP contribution in [-0.4, -0.2) is 30.7 Å². The van der Waals surface area contributed by atoms with E-state index in [2.05, 4.69) is 15.5 Å². The Kier molecular flexibility index (Phi) is 5.76. The molecular formula is C18H15ClFN3O4S. The van der Waals surface area contributed by atoms with Crippen molar-refractivity contribution >= 4 is 33.0 Å². The zero-order valence-electron chi connectivity index (χ0n) is 14.6. The van der Waals surface area contributed by atoms with Gasteiger partial charge in [0.05, 0.1) is 10.6 Å². The molecule has 0 atom stereocenters. The van der Waals surface area contributed by atoms with E-state index < -0.39 is 21.6 Å². The number of anilines is 1. The van der Waals surface area contributed by atoms with Crippen LogP contribution in [0.4, 0.5) is 10.1 Å². The summed E-state index contributed by atoms with van der Waals surface area (Å²) in [6.07, 6.45) is 1.09. The standard InChI is InChI=1S/C18H15ClFN3O4S/c1-28(25,26)13-6-7-14(20)15(10-13)21-16(24)8-9-17-22-18(23-27-17)11-2-4-12(19)5-3-11/h2-7,10H,8-9H2,1H3,(H,21,24). The summed E-state index contributed by atoms with van der Waals surface area (Å²) in [5.74, 6) is -0.649. The monoisotopic (exact) mass is 423 g/mol. The maximum absolute atomic E-state index is 13.8. The molecule has 1 amide bonds. The SMILES string of the molecule is CS(=O)(=O)c1ccc(F)c(NC(=O)CCc2nc(-c3ccc(Cl)cc3)no2)c1. The molecule has 0 aliphatic heterocycles. The molecule has 1 aromatic heterocycles. The first-order valence-electron chi connectivity index (χ1n) is 8.10. The van der Waals surface area contributed by atoms with Gasteiger partial charge in [0.1, 0.15) is 5.82 Å². The smallest absolute Gasteiger partial charge is 0.227 e. The summed E-state index contributed by atoms with van der Waals surface area (Å²) in [6.45, 7) is 0. The minimum absolute atomic E-state index is 0.0508. The van der Waals surface area contributed by atoms with E-state index in [-0.39, 0.29) is 29.3 Å². The molecule has 2 aromatic carbocycles. The average Bonchev–Trinajstić information content (AvgIpc) is 3.10. The lowest BCUT2D eigenvalue weighted by atomic mass is 10.2. The maximum Gasteiger partial charge on any atom is 0.227 e. The highest BCUT2D eigenvalue weighted by molar-refractivity contribution is 7.90. The number of carbonyl (C=O) groups excluding carboxylic acids is 1. The van der Waals surface area contributed by atoms with Crippen LogP contribution in [0.25, 0.3) is 11.4 Å². The quantitative estimate of drug-likeness (QED) is 0.609. The van der Waals surface area contributed by atoms with Gasteiger partial charge in [-0.1, -0.05) is 16.8 Å². The van der Waals surface area contributed by atoms with Crippen LogP contribution in [0.3, 0.4) is 0 Å². The van der Waals surface area contributed by atoms with Crippen LogP contribution in [0, 0.1) is 5.82 Å². The van der Waals surface area contributed by atoms with Gasteiger partial charge >= 0.3 is 0 Å². The Morgan fingerprint density at radius 2 is 1.93 bits per heavy atom. The van der Waals surface area contributed by atoms with Gasteiger partial charge in [0, 0.05) is 29.7 Å². The normalized spacial score (nSPS) is 11.4. The molecule has 0 unspecified atom stereocenters. The number of halogens is 2. The fourth-order valence-electron chi connectivity index (χ4n) is 2.34. The molecule has 1 N–H and O–H groups in total. The van der Waals surface area contributed by atoms with Gasteiger partial charge in [-0.2, -0.15) is 4.98 Å². The van der Waals surface area contributed by atoms with E-state index in [0.717, 1.165) is 24.5 Å². The number of aryl methyl sites for hydroxylation is 1. The number of hydrogen-bond acceptors (Lipinski definition) is 6. The van der Waals surface area contributed by atoms with E-state index in [4.69, 9.17) is 16.1 Å². The second kappa shape index (κ2) is 8.07. The molecule has 0 saturated heterocycles. The van der Waals surface area contributed by atoms with Crippen molar-refractivity contribution in [1.82, 2.24) is 10.1 Å². The van der Waals surface area contributed by atoms with Gasteiger partial charge in [-0.3, -0.25) is 4.79 Å². The number of sulfone groups is 1. The molecule has 0 saturated carbocycles. The second-order valence-electron chi connectivity index (χ2n) is 5.98. The molecule has 0 fully saturated rings. The van der Waals surface area contributed by atoms with Gasteiger partial charge in [-0.25, -0.2) is 12.8 Å². The van der Waals surface area contributed by atoms with E-state index in [1.165, 1.54) is 0 Å². The Labute approximate surface area is 165 Å². The van der Waals surface area contributed by atoms with Gasteiger partial charge in [-0.15, -0.1) is 0 Å². The third-order valence-corrected chi connectivity index (χ3v) is 5.14. The maximum atomic E-state index is 13.8. The third kappa shape index (κ3) is 4.93. The second-order valence-corrected chi connectivity index (χ2v) is 8.43.